The fourth-order valence-corrected chi connectivity index (χ4v) is 3.06. The van der Waals surface area contributed by atoms with E-state index in [2.05, 4.69) is 11.1 Å². The molecule has 0 saturated carbocycles. The maximum absolute atomic E-state index is 10.7. The zero-order valence-electron chi connectivity index (χ0n) is 9.38. The van der Waals surface area contributed by atoms with E-state index < -0.39 is 5.97 Å². The number of anilines is 1. The van der Waals surface area contributed by atoms with Gasteiger partial charge in [-0.15, -0.1) is 0 Å². The van der Waals surface area contributed by atoms with Gasteiger partial charge in [-0.1, -0.05) is 23.5 Å². The van der Waals surface area contributed by atoms with Gasteiger partial charge in [-0.05, 0) is 18.6 Å². The van der Waals surface area contributed by atoms with Gasteiger partial charge >= 0.3 is 5.97 Å². The largest absolute Gasteiger partial charge is 0.481 e. The van der Waals surface area contributed by atoms with Crippen LogP contribution in [0.5, 0.6) is 0 Å². The van der Waals surface area contributed by atoms with Crippen molar-refractivity contribution in [1.29, 1.82) is 0 Å². The SMILES string of the molecule is Cc1cccc2sc(N3CC(C(=O)O)C3)nc12. The average Bonchev–Trinajstić information content (AvgIpc) is 2.59. The Bertz CT molecular complexity index is 587. The molecule has 0 unspecified atom stereocenters. The lowest BCUT2D eigenvalue weighted by Crippen LogP contribution is -2.50. The van der Waals surface area contributed by atoms with Crippen LogP contribution < -0.4 is 4.90 Å². The molecule has 0 amide bonds. The minimum atomic E-state index is -0.710. The lowest BCUT2D eigenvalue weighted by molar-refractivity contribution is -0.142. The van der Waals surface area contributed by atoms with Gasteiger partial charge in [0.05, 0.1) is 16.1 Å². The van der Waals surface area contributed by atoms with Crippen LogP contribution in [0.3, 0.4) is 0 Å². The molecule has 1 N–H and O–H groups in total. The molecule has 3 rings (SSSR count). The van der Waals surface area contributed by atoms with E-state index >= 15 is 0 Å². The maximum Gasteiger partial charge on any atom is 0.310 e. The predicted molar refractivity (Wildman–Crippen MR) is 67.7 cm³/mol. The molecule has 1 aromatic heterocycles. The number of carboxylic acids is 1. The number of para-hydroxylation sites is 1. The fourth-order valence-electron chi connectivity index (χ4n) is 2.00. The van der Waals surface area contributed by atoms with Crippen LogP contribution in [0, 0.1) is 12.8 Å². The number of carbonyl (C=O) groups is 1. The van der Waals surface area contributed by atoms with Crippen molar-refractivity contribution in [2.75, 3.05) is 18.0 Å². The topological polar surface area (TPSA) is 53.4 Å². The number of aromatic nitrogens is 1. The summed E-state index contributed by atoms with van der Waals surface area (Å²) < 4.78 is 1.17. The smallest absolute Gasteiger partial charge is 0.310 e. The first-order chi connectivity index (χ1) is 8.15. The second-order valence-electron chi connectivity index (χ2n) is 4.36. The second kappa shape index (κ2) is 3.70. The molecule has 2 heterocycles. The van der Waals surface area contributed by atoms with Gasteiger partial charge in [0, 0.05) is 13.1 Å². The van der Waals surface area contributed by atoms with Crippen LogP contribution >= 0.6 is 11.3 Å². The highest BCUT2D eigenvalue weighted by Gasteiger charge is 2.34. The summed E-state index contributed by atoms with van der Waals surface area (Å²) in [6.45, 7) is 3.20. The monoisotopic (exact) mass is 248 g/mol. The van der Waals surface area contributed by atoms with E-state index in [0.717, 1.165) is 10.6 Å². The third kappa shape index (κ3) is 1.67. The molecular weight excluding hydrogens is 236 g/mol. The molecule has 1 saturated heterocycles. The van der Waals surface area contributed by atoms with Crippen molar-refractivity contribution >= 4 is 32.7 Å². The van der Waals surface area contributed by atoms with Crippen LogP contribution in [0.15, 0.2) is 18.2 Å². The van der Waals surface area contributed by atoms with E-state index in [1.54, 1.807) is 11.3 Å². The molecular formula is C12H12N2O2S. The van der Waals surface area contributed by atoms with Crippen LogP contribution in [-0.2, 0) is 4.79 Å². The van der Waals surface area contributed by atoms with Crippen LogP contribution in [0.1, 0.15) is 5.56 Å². The summed E-state index contributed by atoms with van der Waals surface area (Å²) in [6, 6.07) is 6.12. The minimum Gasteiger partial charge on any atom is -0.481 e. The van der Waals surface area contributed by atoms with E-state index in [9.17, 15) is 4.79 Å². The summed E-state index contributed by atoms with van der Waals surface area (Å²) >= 11 is 1.63. The number of nitrogens with zero attached hydrogens (tertiary/aromatic N) is 2. The van der Waals surface area contributed by atoms with Gasteiger partial charge in [0.1, 0.15) is 0 Å². The summed E-state index contributed by atoms with van der Waals surface area (Å²) in [5, 5.41) is 9.78. The quantitative estimate of drug-likeness (QED) is 0.884. The van der Waals surface area contributed by atoms with Crippen LogP contribution in [-0.4, -0.2) is 29.1 Å². The first-order valence-electron chi connectivity index (χ1n) is 5.49. The third-order valence-electron chi connectivity index (χ3n) is 3.11. The highest BCUT2D eigenvalue weighted by atomic mass is 32.1. The van der Waals surface area contributed by atoms with Gasteiger partial charge < -0.3 is 10.0 Å². The van der Waals surface area contributed by atoms with Crippen molar-refractivity contribution in [3.05, 3.63) is 23.8 Å². The number of carboxylic acid groups (broad SMARTS) is 1. The van der Waals surface area contributed by atoms with Crippen molar-refractivity contribution in [2.45, 2.75) is 6.92 Å². The Hall–Kier alpha value is -1.62. The summed E-state index contributed by atoms with van der Waals surface area (Å²) in [5.41, 5.74) is 2.20. The lowest BCUT2D eigenvalue weighted by atomic mass is 10.0. The molecule has 0 radical (unpaired) electrons. The molecule has 1 fully saturated rings. The molecule has 1 aliphatic rings. The van der Waals surface area contributed by atoms with Crippen molar-refractivity contribution < 1.29 is 9.90 Å². The Labute approximate surface area is 103 Å². The fraction of sp³-hybridized carbons (Fsp3) is 0.333. The number of aryl methyl sites for hydroxylation is 1. The van der Waals surface area contributed by atoms with Gasteiger partial charge in [-0.3, -0.25) is 4.79 Å². The highest BCUT2D eigenvalue weighted by Crippen LogP contribution is 2.33. The van der Waals surface area contributed by atoms with Gasteiger partial charge in [0.15, 0.2) is 5.13 Å². The maximum atomic E-state index is 10.7. The number of thiazole rings is 1. The van der Waals surface area contributed by atoms with Crippen LogP contribution in [0.25, 0.3) is 10.2 Å². The molecule has 0 atom stereocenters. The van der Waals surface area contributed by atoms with E-state index in [0.29, 0.717) is 13.1 Å². The van der Waals surface area contributed by atoms with E-state index in [4.69, 9.17) is 5.11 Å². The number of hydrogen-bond acceptors (Lipinski definition) is 4. The minimum absolute atomic E-state index is 0.233. The van der Waals surface area contributed by atoms with E-state index in [1.807, 2.05) is 24.0 Å². The summed E-state index contributed by atoms with van der Waals surface area (Å²) in [4.78, 5) is 17.4. The molecule has 88 valence electrons. The first-order valence-corrected chi connectivity index (χ1v) is 6.30. The van der Waals surface area contributed by atoms with Crippen LogP contribution in [0.2, 0.25) is 0 Å². The highest BCUT2D eigenvalue weighted by molar-refractivity contribution is 7.22. The van der Waals surface area contributed by atoms with E-state index in [1.165, 1.54) is 10.3 Å². The molecule has 5 heteroatoms. The predicted octanol–water partition coefficient (Wildman–Crippen LogP) is 2.13. The van der Waals surface area contributed by atoms with Gasteiger partial charge in [-0.2, -0.15) is 0 Å². The van der Waals surface area contributed by atoms with Gasteiger partial charge in [0.2, 0.25) is 0 Å². The Morgan fingerprint density at radius 2 is 2.29 bits per heavy atom. The molecule has 2 aromatic rings. The van der Waals surface area contributed by atoms with Crippen molar-refractivity contribution in [1.82, 2.24) is 4.98 Å². The molecule has 0 spiro atoms. The summed E-state index contributed by atoms with van der Waals surface area (Å²) in [6.07, 6.45) is 0. The lowest BCUT2D eigenvalue weighted by Gasteiger charge is -2.36. The molecule has 0 aliphatic carbocycles. The Morgan fingerprint density at radius 3 is 2.94 bits per heavy atom. The average molecular weight is 248 g/mol. The Kier molecular flexibility index (Phi) is 2.29. The number of benzene rings is 1. The Balaban J connectivity index is 1.88. The van der Waals surface area contributed by atoms with Crippen molar-refractivity contribution in [3.8, 4) is 0 Å². The molecule has 17 heavy (non-hydrogen) atoms. The zero-order chi connectivity index (χ0) is 12.0. The summed E-state index contributed by atoms with van der Waals surface area (Å²) in [7, 11) is 0. The number of fused-ring (bicyclic) bond motifs is 1. The van der Waals surface area contributed by atoms with Gasteiger partial charge in [-0.25, -0.2) is 4.98 Å². The van der Waals surface area contributed by atoms with Crippen molar-refractivity contribution in [2.24, 2.45) is 5.92 Å². The van der Waals surface area contributed by atoms with Crippen LogP contribution in [0.4, 0.5) is 5.13 Å². The second-order valence-corrected chi connectivity index (χ2v) is 5.37. The standard InChI is InChI=1S/C12H12N2O2S/c1-7-3-2-4-9-10(7)13-12(17-9)14-5-8(6-14)11(15)16/h2-4,8H,5-6H2,1H3,(H,15,16). The third-order valence-corrected chi connectivity index (χ3v) is 4.19. The normalized spacial score (nSPS) is 16.2. The van der Waals surface area contributed by atoms with E-state index in [-0.39, 0.29) is 5.92 Å². The summed E-state index contributed by atoms with van der Waals surface area (Å²) in [5.74, 6) is -0.943. The number of rotatable bonds is 2. The molecule has 1 aliphatic heterocycles. The Morgan fingerprint density at radius 1 is 1.53 bits per heavy atom. The van der Waals surface area contributed by atoms with Crippen molar-refractivity contribution in [3.63, 3.8) is 0 Å². The molecule has 4 nitrogen and oxygen atoms in total. The zero-order valence-corrected chi connectivity index (χ0v) is 10.2. The van der Waals surface area contributed by atoms with Gasteiger partial charge in [0.25, 0.3) is 0 Å². The molecule has 1 aromatic carbocycles. The number of aliphatic carboxylic acids is 1. The molecule has 0 bridgehead atoms. The first kappa shape index (κ1) is 10.5. The number of hydrogen-bond donors (Lipinski definition) is 1.